The van der Waals surface area contributed by atoms with Crippen LogP contribution in [0.4, 0.5) is 0 Å². The van der Waals surface area contributed by atoms with Crippen LogP contribution in [-0.4, -0.2) is 44.3 Å². The molecule has 0 saturated carbocycles. The molecule has 0 aliphatic carbocycles. The van der Waals surface area contributed by atoms with Crippen LogP contribution in [0.1, 0.15) is 19.8 Å². The number of aliphatic hydroxyl groups excluding tert-OH is 1. The molecule has 0 aliphatic heterocycles. The zero-order chi connectivity index (χ0) is 11.7. The maximum atomic E-state index is 10.5. The van der Waals surface area contributed by atoms with E-state index in [1.165, 1.54) is 0 Å². The van der Waals surface area contributed by atoms with Gasteiger partial charge in [0.15, 0.2) is 0 Å². The summed E-state index contributed by atoms with van der Waals surface area (Å²) in [5.41, 5.74) is -0.334. The predicted molar refractivity (Wildman–Crippen MR) is 53.3 cm³/mol. The van der Waals surface area contributed by atoms with E-state index in [2.05, 4.69) is 4.74 Å². The molecule has 0 spiro atoms. The van der Waals surface area contributed by atoms with Gasteiger partial charge in [0.05, 0.1) is 6.61 Å². The van der Waals surface area contributed by atoms with Crippen molar-refractivity contribution in [2.45, 2.75) is 19.8 Å². The molecule has 0 fully saturated rings. The summed E-state index contributed by atoms with van der Waals surface area (Å²) in [6, 6.07) is 0. The molecule has 1 N–H and O–H groups in total. The highest BCUT2D eigenvalue weighted by Gasteiger charge is 2.23. The fraction of sp³-hybridized carbons (Fsp3) is 0.800. The normalized spacial score (nSPS) is 14.3. The average molecular weight is 218 g/mol. The highest BCUT2D eigenvalue weighted by molar-refractivity contribution is 6.20. The third-order valence-corrected chi connectivity index (χ3v) is 2.34. The molecule has 88 valence electrons. The summed E-state index contributed by atoms with van der Waals surface area (Å²) in [4.78, 5) is 20.5. The first-order valence-corrected chi connectivity index (χ1v) is 4.80. The van der Waals surface area contributed by atoms with E-state index in [0.29, 0.717) is 19.4 Å². The summed E-state index contributed by atoms with van der Waals surface area (Å²) in [5, 5.41) is 9.17. The van der Waals surface area contributed by atoms with Gasteiger partial charge in [-0.05, 0) is 18.3 Å². The van der Waals surface area contributed by atoms with E-state index in [4.69, 9.17) is 9.84 Å². The van der Waals surface area contributed by atoms with Gasteiger partial charge in [0.25, 0.3) is 0 Å². The fourth-order valence-corrected chi connectivity index (χ4v) is 1.06. The average Bonchev–Trinajstić information content (AvgIpc) is 2.26. The molecule has 0 aromatic heterocycles. The van der Waals surface area contributed by atoms with E-state index in [0.717, 1.165) is 0 Å². The lowest BCUT2D eigenvalue weighted by atomic mass is 9.85. The summed E-state index contributed by atoms with van der Waals surface area (Å²) in [5.74, 6) is -0.873. The fourth-order valence-electron chi connectivity index (χ4n) is 1.06. The van der Waals surface area contributed by atoms with Crippen molar-refractivity contribution in [1.29, 1.82) is 0 Å². The third-order valence-electron chi connectivity index (χ3n) is 2.34. The highest BCUT2D eigenvalue weighted by Crippen LogP contribution is 2.25. The number of carbonyl (C=O) groups excluding carboxylic acids is 2. The summed E-state index contributed by atoms with van der Waals surface area (Å²) < 4.78 is 9.52. The smallest absolute Gasteiger partial charge is 0.371 e. The van der Waals surface area contributed by atoms with Gasteiger partial charge in [0.1, 0.15) is 0 Å². The van der Waals surface area contributed by atoms with Crippen molar-refractivity contribution >= 4 is 12.3 Å². The van der Waals surface area contributed by atoms with Crippen molar-refractivity contribution in [3.8, 4) is 0 Å². The lowest BCUT2D eigenvalue weighted by Gasteiger charge is -2.26. The number of hydrogen-bond acceptors (Lipinski definition) is 5. The number of rotatable bonds is 8. The Morgan fingerprint density at radius 3 is 2.47 bits per heavy atom. The molecular formula is C10H18O5. The van der Waals surface area contributed by atoms with E-state index in [9.17, 15) is 9.59 Å². The van der Waals surface area contributed by atoms with Gasteiger partial charge >= 0.3 is 5.97 Å². The molecule has 5 nitrogen and oxygen atoms in total. The molecule has 15 heavy (non-hydrogen) atoms. The van der Waals surface area contributed by atoms with E-state index in [-0.39, 0.29) is 24.9 Å². The molecule has 0 aliphatic rings. The lowest BCUT2D eigenvalue weighted by molar-refractivity contribution is -0.149. The number of hydrogen-bond donors (Lipinski definition) is 1. The van der Waals surface area contributed by atoms with Crippen molar-refractivity contribution in [3.05, 3.63) is 0 Å². The number of aldehydes is 1. The highest BCUT2D eigenvalue weighted by atomic mass is 16.5. The number of esters is 1. The van der Waals surface area contributed by atoms with Crippen molar-refractivity contribution in [2.24, 2.45) is 5.41 Å². The lowest BCUT2D eigenvalue weighted by Crippen LogP contribution is -2.26. The van der Waals surface area contributed by atoms with Gasteiger partial charge in [-0.3, -0.25) is 4.79 Å². The van der Waals surface area contributed by atoms with Gasteiger partial charge in [-0.1, -0.05) is 6.92 Å². The van der Waals surface area contributed by atoms with Crippen LogP contribution < -0.4 is 0 Å². The number of carbonyl (C=O) groups is 2. The van der Waals surface area contributed by atoms with Crippen molar-refractivity contribution in [3.63, 3.8) is 0 Å². The molecule has 0 amide bonds. The van der Waals surface area contributed by atoms with Gasteiger partial charge < -0.3 is 14.6 Å². The maximum Gasteiger partial charge on any atom is 0.371 e. The maximum absolute atomic E-state index is 10.5. The number of ether oxygens (including phenoxy) is 2. The summed E-state index contributed by atoms with van der Waals surface area (Å²) >= 11 is 0. The Morgan fingerprint density at radius 1 is 1.40 bits per heavy atom. The molecule has 0 bridgehead atoms. The van der Waals surface area contributed by atoms with Gasteiger partial charge in [0, 0.05) is 20.3 Å². The second-order valence-electron chi connectivity index (χ2n) is 3.75. The largest absolute Gasteiger partial charge is 0.460 e. The van der Waals surface area contributed by atoms with Crippen LogP contribution in [0.2, 0.25) is 0 Å². The van der Waals surface area contributed by atoms with Crippen LogP contribution in [0.5, 0.6) is 0 Å². The van der Waals surface area contributed by atoms with Crippen LogP contribution in [0, 0.1) is 5.41 Å². The molecule has 0 aromatic rings. The Labute approximate surface area is 89.4 Å². The van der Waals surface area contributed by atoms with Crippen LogP contribution in [-0.2, 0) is 19.1 Å². The summed E-state index contributed by atoms with van der Waals surface area (Å²) in [6.07, 6.45) is 1.32. The molecular weight excluding hydrogens is 200 g/mol. The van der Waals surface area contributed by atoms with Crippen LogP contribution in [0.25, 0.3) is 0 Å². The van der Waals surface area contributed by atoms with Gasteiger partial charge in [-0.2, -0.15) is 0 Å². The van der Waals surface area contributed by atoms with E-state index < -0.39 is 5.97 Å². The van der Waals surface area contributed by atoms with Crippen molar-refractivity contribution in [2.75, 3.05) is 26.9 Å². The number of aliphatic hydroxyl groups is 1. The summed E-state index contributed by atoms with van der Waals surface area (Å²) in [6.45, 7) is 2.55. The second-order valence-corrected chi connectivity index (χ2v) is 3.75. The molecule has 1 unspecified atom stereocenters. The van der Waals surface area contributed by atoms with Crippen LogP contribution in [0.3, 0.4) is 0 Å². The van der Waals surface area contributed by atoms with Crippen molar-refractivity contribution in [1.82, 2.24) is 0 Å². The topological polar surface area (TPSA) is 72.8 Å². The predicted octanol–water partition coefficient (Wildman–Crippen LogP) is 0.154. The zero-order valence-corrected chi connectivity index (χ0v) is 9.19. The first-order valence-electron chi connectivity index (χ1n) is 4.80. The zero-order valence-electron chi connectivity index (χ0n) is 9.19. The van der Waals surface area contributed by atoms with Crippen LogP contribution >= 0.6 is 0 Å². The Kier molecular flexibility index (Phi) is 6.90. The van der Waals surface area contributed by atoms with Gasteiger partial charge in [-0.25, -0.2) is 4.79 Å². The second kappa shape index (κ2) is 7.36. The van der Waals surface area contributed by atoms with E-state index in [1.807, 2.05) is 6.92 Å². The molecule has 0 heterocycles. The van der Waals surface area contributed by atoms with Crippen molar-refractivity contribution < 1.29 is 24.2 Å². The molecule has 5 heteroatoms. The first-order chi connectivity index (χ1) is 7.08. The Hall–Kier alpha value is -0.940. The monoisotopic (exact) mass is 218 g/mol. The Bertz CT molecular complexity index is 204. The number of methoxy groups -OCH3 is 1. The molecule has 0 aromatic carbocycles. The minimum absolute atomic E-state index is 0.00496. The van der Waals surface area contributed by atoms with E-state index >= 15 is 0 Å². The van der Waals surface area contributed by atoms with Crippen LogP contribution in [0.15, 0.2) is 0 Å². The molecule has 0 radical (unpaired) electrons. The molecule has 0 saturated heterocycles. The Balaban J connectivity index is 3.86. The minimum atomic E-state index is -0.873. The van der Waals surface area contributed by atoms with Gasteiger partial charge in [-0.15, -0.1) is 0 Å². The molecule has 1 atom stereocenters. The third kappa shape index (κ3) is 6.19. The first kappa shape index (κ1) is 14.1. The minimum Gasteiger partial charge on any atom is -0.460 e. The van der Waals surface area contributed by atoms with Gasteiger partial charge in [0.2, 0.25) is 6.29 Å². The van der Waals surface area contributed by atoms with E-state index in [1.54, 1.807) is 7.11 Å². The quantitative estimate of drug-likeness (QED) is 0.357. The SMILES string of the molecule is COCCC(C)(CO)CCOC(=O)C=O. The Morgan fingerprint density at radius 2 is 2.00 bits per heavy atom. The standard InChI is InChI=1S/C10H18O5/c1-10(8-12,3-5-14-2)4-6-15-9(13)7-11/h7,12H,3-6,8H2,1-2H3. The summed E-state index contributed by atoms with van der Waals surface area (Å²) in [7, 11) is 1.59. The molecule has 0 rings (SSSR count).